The first-order chi connectivity index (χ1) is 12.6. The zero-order chi connectivity index (χ0) is 18.5. The van der Waals surface area contributed by atoms with Gasteiger partial charge in [0.1, 0.15) is 5.82 Å². The smallest absolute Gasteiger partial charge is 0.263 e. The number of nitrogens with one attached hydrogen (secondary N) is 1. The van der Waals surface area contributed by atoms with Crippen LogP contribution in [0.5, 0.6) is 0 Å². The summed E-state index contributed by atoms with van der Waals surface area (Å²) < 4.78 is 13.0. The molecule has 6 heteroatoms. The van der Waals surface area contributed by atoms with Crippen molar-refractivity contribution in [1.29, 1.82) is 0 Å². The predicted octanol–water partition coefficient (Wildman–Crippen LogP) is 3.93. The summed E-state index contributed by atoms with van der Waals surface area (Å²) in [6.07, 6.45) is 2.34. The van der Waals surface area contributed by atoms with Crippen molar-refractivity contribution in [3.8, 4) is 10.4 Å². The maximum Gasteiger partial charge on any atom is 0.263 e. The summed E-state index contributed by atoms with van der Waals surface area (Å²) in [4.78, 5) is 28.2. The number of nitrogens with zero attached hydrogens (tertiary/aromatic N) is 1. The number of benzene rings is 1. The van der Waals surface area contributed by atoms with E-state index in [4.69, 9.17) is 0 Å². The second-order valence-corrected chi connectivity index (χ2v) is 7.61. The molecule has 0 aliphatic carbocycles. The highest BCUT2D eigenvalue weighted by molar-refractivity contribution is 7.17. The van der Waals surface area contributed by atoms with E-state index in [-0.39, 0.29) is 23.5 Å². The molecule has 0 bridgehead atoms. The van der Waals surface area contributed by atoms with Gasteiger partial charge in [0.05, 0.1) is 4.88 Å². The van der Waals surface area contributed by atoms with Crippen LogP contribution in [-0.2, 0) is 4.79 Å². The quantitative estimate of drug-likeness (QED) is 0.862. The first-order valence-electron chi connectivity index (χ1n) is 9.01. The Morgan fingerprint density at radius 2 is 1.85 bits per heavy atom. The van der Waals surface area contributed by atoms with Gasteiger partial charge in [-0.05, 0) is 49.1 Å². The average molecular weight is 374 g/mol. The summed E-state index contributed by atoms with van der Waals surface area (Å²) in [5, 5.41) is 2.94. The number of carbonyl (C=O) groups is 2. The fourth-order valence-electron chi connectivity index (χ4n) is 3.12. The molecule has 3 rings (SSSR count). The number of halogens is 1. The Hall–Kier alpha value is -2.21. The maximum absolute atomic E-state index is 13.0. The summed E-state index contributed by atoms with van der Waals surface area (Å²) in [7, 11) is 0. The number of likely N-dealkylation sites (tertiary alicyclic amines) is 1. The van der Waals surface area contributed by atoms with Crippen LogP contribution in [0.25, 0.3) is 10.4 Å². The van der Waals surface area contributed by atoms with Crippen LogP contribution < -0.4 is 5.32 Å². The largest absolute Gasteiger partial charge is 0.356 e. The summed E-state index contributed by atoms with van der Waals surface area (Å²) in [6.45, 7) is 3.95. The zero-order valence-corrected chi connectivity index (χ0v) is 15.7. The molecular formula is C20H23FN2O2S. The molecule has 1 aliphatic rings. The van der Waals surface area contributed by atoms with E-state index in [0.717, 1.165) is 16.9 Å². The topological polar surface area (TPSA) is 49.4 Å². The Balaban J connectivity index is 1.59. The van der Waals surface area contributed by atoms with E-state index in [1.165, 1.54) is 23.5 Å². The molecule has 0 atom stereocenters. The van der Waals surface area contributed by atoms with Crippen molar-refractivity contribution in [2.24, 2.45) is 5.92 Å². The minimum absolute atomic E-state index is 0.00344. The van der Waals surface area contributed by atoms with Gasteiger partial charge in [0.15, 0.2) is 0 Å². The van der Waals surface area contributed by atoms with Gasteiger partial charge in [-0.3, -0.25) is 9.59 Å². The molecule has 2 amide bonds. The minimum Gasteiger partial charge on any atom is -0.356 e. The van der Waals surface area contributed by atoms with Crippen LogP contribution in [0.2, 0.25) is 0 Å². The molecule has 138 valence electrons. The van der Waals surface area contributed by atoms with E-state index in [1.54, 1.807) is 12.1 Å². The Morgan fingerprint density at radius 1 is 1.15 bits per heavy atom. The average Bonchev–Trinajstić information content (AvgIpc) is 3.16. The Morgan fingerprint density at radius 3 is 2.50 bits per heavy atom. The van der Waals surface area contributed by atoms with Gasteiger partial charge in [-0.25, -0.2) is 4.39 Å². The molecule has 1 aromatic carbocycles. The highest BCUT2D eigenvalue weighted by Gasteiger charge is 2.28. The fraction of sp³-hybridized carbons (Fsp3) is 0.400. The van der Waals surface area contributed by atoms with E-state index >= 15 is 0 Å². The van der Waals surface area contributed by atoms with Gasteiger partial charge in [0.2, 0.25) is 5.91 Å². The number of carbonyl (C=O) groups excluding carboxylic acids is 2. The van der Waals surface area contributed by atoms with Crippen LogP contribution in [0, 0.1) is 11.7 Å². The first kappa shape index (κ1) is 18.6. The van der Waals surface area contributed by atoms with E-state index in [1.807, 2.05) is 24.0 Å². The number of hydrogen-bond donors (Lipinski definition) is 1. The van der Waals surface area contributed by atoms with E-state index < -0.39 is 0 Å². The van der Waals surface area contributed by atoms with E-state index in [9.17, 15) is 14.0 Å². The zero-order valence-electron chi connectivity index (χ0n) is 14.8. The lowest BCUT2D eigenvalue weighted by Crippen LogP contribution is -2.43. The molecule has 0 unspecified atom stereocenters. The van der Waals surface area contributed by atoms with Crippen LogP contribution in [0.4, 0.5) is 4.39 Å². The van der Waals surface area contributed by atoms with Gasteiger partial charge in [-0.2, -0.15) is 0 Å². The van der Waals surface area contributed by atoms with Crippen LogP contribution in [0.15, 0.2) is 36.4 Å². The number of thiophene rings is 1. The first-order valence-corrected chi connectivity index (χ1v) is 9.83. The summed E-state index contributed by atoms with van der Waals surface area (Å²) in [5.41, 5.74) is 0.904. The lowest BCUT2D eigenvalue weighted by molar-refractivity contribution is -0.126. The van der Waals surface area contributed by atoms with Gasteiger partial charge < -0.3 is 10.2 Å². The Labute approximate surface area is 157 Å². The monoisotopic (exact) mass is 374 g/mol. The number of rotatable bonds is 5. The molecule has 1 N–H and O–H groups in total. The lowest BCUT2D eigenvalue weighted by atomic mass is 9.96. The molecule has 0 spiro atoms. The minimum atomic E-state index is -0.271. The Kier molecular flexibility index (Phi) is 6.04. The maximum atomic E-state index is 13.0. The third kappa shape index (κ3) is 4.30. The normalized spacial score (nSPS) is 15.1. The SMILES string of the molecule is CCCNC(=O)C1CCN(C(=O)c2ccc(-c3ccc(F)cc3)s2)CC1. The van der Waals surface area contributed by atoms with E-state index in [2.05, 4.69) is 5.32 Å². The van der Waals surface area contributed by atoms with Crippen molar-refractivity contribution >= 4 is 23.2 Å². The lowest BCUT2D eigenvalue weighted by Gasteiger charge is -2.31. The molecule has 0 saturated carbocycles. The van der Waals surface area contributed by atoms with Gasteiger partial charge in [-0.15, -0.1) is 11.3 Å². The van der Waals surface area contributed by atoms with Crippen LogP contribution in [0.3, 0.4) is 0 Å². The third-order valence-electron chi connectivity index (χ3n) is 4.65. The van der Waals surface area contributed by atoms with E-state index in [0.29, 0.717) is 37.4 Å². The number of amides is 2. The Bertz CT molecular complexity index is 764. The molecule has 0 radical (unpaired) electrons. The molecule has 1 saturated heterocycles. The van der Waals surface area contributed by atoms with Crippen molar-refractivity contribution < 1.29 is 14.0 Å². The van der Waals surface area contributed by atoms with Gasteiger partial charge in [0.25, 0.3) is 5.91 Å². The van der Waals surface area contributed by atoms with Crippen molar-refractivity contribution in [1.82, 2.24) is 10.2 Å². The molecule has 1 aliphatic heterocycles. The molecule has 2 heterocycles. The highest BCUT2D eigenvalue weighted by atomic mass is 32.1. The van der Waals surface area contributed by atoms with Crippen molar-refractivity contribution in [3.05, 3.63) is 47.1 Å². The molecule has 26 heavy (non-hydrogen) atoms. The van der Waals surface area contributed by atoms with Crippen molar-refractivity contribution in [3.63, 3.8) is 0 Å². The molecular weight excluding hydrogens is 351 g/mol. The summed E-state index contributed by atoms with van der Waals surface area (Å²) >= 11 is 1.42. The number of hydrogen-bond acceptors (Lipinski definition) is 3. The summed E-state index contributed by atoms with van der Waals surface area (Å²) in [6, 6.07) is 10.0. The van der Waals surface area contributed by atoms with Gasteiger partial charge in [-0.1, -0.05) is 19.1 Å². The highest BCUT2D eigenvalue weighted by Crippen LogP contribution is 2.30. The third-order valence-corrected chi connectivity index (χ3v) is 5.77. The van der Waals surface area contributed by atoms with Crippen molar-refractivity contribution in [2.75, 3.05) is 19.6 Å². The van der Waals surface area contributed by atoms with Crippen molar-refractivity contribution in [2.45, 2.75) is 26.2 Å². The standard InChI is InChI=1S/C20H23FN2O2S/c1-2-11-22-19(24)15-9-12-23(13-10-15)20(25)18-8-7-17(26-18)14-3-5-16(21)6-4-14/h3-8,15H,2,9-13H2,1H3,(H,22,24). The second-order valence-electron chi connectivity index (χ2n) is 6.53. The van der Waals surface area contributed by atoms with Crippen LogP contribution in [-0.4, -0.2) is 36.3 Å². The van der Waals surface area contributed by atoms with Crippen LogP contribution in [0.1, 0.15) is 35.9 Å². The summed E-state index contributed by atoms with van der Waals surface area (Å²) in [5.74, 6) is -0.152. The fourth-order valence-corrected chi connectivity index (χ4v) is 4.09. The molecule has 2 aromatic rings. The second kappa shape index (κ2) is 8.45. The molecule has 1 aromatic heterocycles. The molecule has 1 fully saturated rings. The molecule has 4 nitrogen and oxygen atoms in total. The predicted molar refractivity (Wildman–Crippen MR) is 102 cm³/mol. The number of piperidine rings is 1. The van der Waals surface area contributed by atoms with Crippen LogP contribution >= 0.6 is 11.3 Å². The van der Waals surface area contributed by atoms with Gasteiger partial charge >= 0.3 is 0 Å². The van der Waals surface area contributed by atoms with Gasteiger partial charge in [0, 0.05) is 30.4 Å².